The zero-order valence-electron chi connectivity index (χ0n) is 15.7. The third kappa shape index (κ3) is 3.47. The Bertz CT molecular complexity index is 948. The number of carbonyl (C=O) groups excluding carboxylic acids is 3. The molecule has 7 heteroatoms. The molecule has 2 N–H and O–H groups in total. The van der Waals surface area contributed by atoms with Gasteiger partial charge in [0.25, 0.3) is 11.5 Å². The van der Waals surface area contributed by atoms with E-state index in [1.54, 1.807) is 45.0 Å². The summed E-state index contributed by atoms with van der Waals surface area (Å²) in [4.78, 5) is 39.3. The van der Waals surface area contributed by atoms with E-state index < -0.39 is 34.9 Å². The Morgan fingerprint density at radius 2 is 1.71 bits per heavy atom. The van der Waals surface area contributed by atoms with Gasteiger partial charge in [0.05, 0.1) is 5.56 Å². The lowest BCUT2D eigenvalue weighted by Gasteiger charge is -2.40. The SMILES string of the molecule is CC(C)(C)NC(=O)[C@]1(C(=O)c2ccc(Br)cc2)OC(=O)c2ccccc2[C@@H]1O. The van der Waals surface area contributed by atoms with Crippen molar-refractivity contribution in [2.45, 2.75) is 38.0 Å². The quantitative estimate of drug-likeness (QED) is 0.429. The second kappa shape index (κ2) is 7.14. The second-order valence-corrected chi connectivity index (χ2v) is 8.57. The lowest BCUT2D eigenvalue weighted by molar-refractivity contribution is -0.150. The highest BCUT2D eigenvalue weighted by Gasteiger charge is 2.60. The summed E-state index contributed by atoms with van der Waals surface area (Å²) in [5, 5.41) is 13.7. The number of rotatable bonds is 3. The van der Waals surface area contributed by atoms with E-state index in [2.05, 4.69) is 21.2 Å². The van der Waals surface area contributed by atoms with Crippen LogP contribution in [0.5, 0.6) is 0 Å². The van der Waals surface area contributed by atoms with Crippen molar-refractivity contribution in [3.05, 3.63) is 69.7 Å². The Morgan fingerprint density at radius 1 is 1.11 bits per heavy atom. The number of ketones is 1. The lowest BCUT2D eigenvalue weighted by atomic mass is 9.79. The van der Waals surface area contributed by atoms with Gasteiger partial charge in [0.2, 0.25) is 5.78 Å². The molecule has 0 aromatic heterocycles. The van der Waals surface area contributed by atoms with E-state index in [0.717, 1.165) is 4.47 Å². The number of halogens is 1. The van der Waals surface area contributed by atoms with Gasteiger partial charge in [0.15, 0.2) is 0 Å². The molecule has 0 aliphatic carbocycles. The number of cyclic esters (lactones) is 1. The molecule has 0 unspecified atom stereocenters. The number of aliphatic hydroxyl groups excluding tert-OH is 1. The minimum absolute atomic E-state index is 0.123. The highest BCUT2D eigenvalue weighted by molar-refractivity contribution is 9.10. The molecular formula is C21H20BrNO5. The average Bonchev–Trinajstić information content (AvgIpc) is 2.63. The van der Waals surface area contributed by atoms with Gasteiger partial charge in [-0.1, -0.05) is 46.3 Å². The minimum atomic E-state index is -2.42. The zero-order valence-corrected chi connectivity index (χ0v) is 17.2. The Kier molecular flexibility index (Phi) is 5.16. The van der Waals surface area contributed by atoms with Crippen molar-refractivity contribution in [2.24, 2.45) is 0 Å². The number of ether oxygens (including phenoxy) is 1. The fraction of sp³-hybridized carbons (Fsp3) is 0.286. The first-order chi connectivity index (χ1) is 13.1. The molecule has 0 bridgehead atoms. The van der Waals surface area contributed by atoms with Gasteiger partial charge < -0.3 is 15.2 Å². The summed E-state index contributed by atoms with van der Waals surface area (Å²) in [5.41, 5.74) is -2.70. The third-order valence-corrected chi connectivity index (χ3v) is 4.91. The monoisotopic (exact) mass is 445 g/mol. The summed E-state index contributed by atoms with van der Waals surface area (Å²) in [6.07, 6.45) is -1.65. The zero-order chi connectivity index (χ0) is 20.7. The molecule has 1 heterocycles. The summed E-state index contributed by atoms with van der Waals surface area (Å²) < 4.78 is 6.14. The van der Waals surface area contributed by atoms with Crippen LogP contribution in [0.3, 0.4) is 0 Å². The number of nitrogens with one attached hydrogen (secondary N) is 1. The van der Waals surface area contributed by atoms with Crippen molar-refractivity contribution in [2.75, 3.05) is 0 Å². The first-order valence-corrected chi connectivity index (χ1v) is 9.49. The number of esters is 1. The topological polar surface area (TPSA) is 92.7 Å². The van der Waals surface area contributed by atoms with Crippen molar-refractivity contribution in [1.82, 2.24) is 5.32 Å². The van der Waals surface area contributed by atoms with Gasteiger partial charge in [-0.25, -0.2) is 4.79 Å². The molecule has 146 valence electrons. The molecule has 1 aliphatic heterocycles. The molecule has 0 radical (unpaired) electrons. The van der Waals surface area contributed by atoms with Crippen molar-refractivity contribution in [3.63, 3.8) is 0 Å². The Balaban J connectivity index is 2.18. The fourth-order valence-electron chi connectivity index (χ4n) is 3.09. The highest BCUT2D eigenvalue weighted by atomic mass is 79.9. The van der Waals surface area contributed by atoms with Crippen LogP contribution in [0.4, 0.5) is 0 Å². The second-order valence-electron chi connectivity index (χ2n) is 7.66. The number of aliphatic hydroxyl groups is 1. The number of Topliss-reactive ketones (excluding diaryl/α,β-unsaturated/α-hetero) is 1. The van der Waals surface area contributed by atoms with Gasteiger partial charge in [0.1, 0.15) is 6.10 Å². The number of amides is 1. The van der Waals surface area contributed by atoms with Crippen molar-refractivity contribution < 1.29 is 24.2 Å². The lowest BCUT2D eigenvalue weighted by Crippen LogP contribution is -2.63. The van der Waals surface area contributed by atoms with Crippen molar-refractivity contribution >= 4 is 33.6 Å². The molecule has 28 heavy (non-hydrogen) atoms. The number of benzene rings is 2. The highest BCUT2D eigenvalue weighted by Crippen LogP contribution is 2.40. The van der Waals surface area contributed by atoms with E-state index in [4.69, 9.17) is 4.74 Å². The van der Waals surface area contributed by atoms with Gasteiger partial charge in [0, 0.05) is 21.1 Å². The molecule has 2 aromatic carbocycles. The molecule has 0 saturated carbocycles. The van der Waals surface area contributed by atoms with E-state index in [-0.39, 0.29) is 16.7 Å². The normalized spacial score (nSPS) is 21.5. The third-order valence-electron chi connectivity index (χ3n) is 4.38. The number of hydrogen-bond donors (Lipinski definition) is 2. The maximum atomic E-state index is 13.4. The molecule has 0 spiro atoms. The Labute approximate surface area is 171 Å². The summed E-state index contributed by atoms with van der Waals surface area (Å²) in [5.74, 6) is -2.50. The standard InChI is InChI=1S/C21H20BrNO5/c1-20(2,3)23-19(27)21(16(24)12-8-10-13(22)11-9-12)17(25)14-6-4-5-7-15(14)18(26)28-21/h4-11,17,25H,1-3H3,(H,23,27)/t17-,21+/m0/s1. The van der Waals surface area contributed by atoms with Gasteiger partial charge in [-0.05, 0) is 39.0 Å². The maximum Gasteiger partial charge on any atom is 0.340 e. The number of hydrogen-bond acceptors (Lipinski definition) is 5. The van der Waals surface area contributed by atoms with Gasteiger partial charge in [-0.15, -0.1) is 0 Å². The summed E-state index contributed by atoms with van der Waals surface area (Å²) in [6, 6.07) is 12.5. The van der Waals surface area contributed by atoms with Gasteiger partial charge >= 0.3 is 5.97 Å². The van der Waals surface area contributed by atoms with E-state index in [1.165, 1.54) is 24.3 Å². The van der Waals surface area contributed by atoms with Crippen molar-refractivity contribution in [3.8, 4) is 0 Å². The first kappa shape index (κ1) is 20.2. The molecule has 0 saturated heterocycles. The molecule has 1 aliphatic rings. The Hall–Kier alpha value is -2.51. The summed E-state index contributed by atoms with van der Waals surface area (Å²) >= 11 is 3.29. The van der Waals surface area contributed by atoms with Crippen molar-refractivity contribution in [1.29, 1.82) is 0 Å². The van der Waals surface area contributed by atoms with Crippen LogP contribution in [0.1, 0.15) is 53.2 Å². The number of carbonyl (C=O) groups is 3. The molecule has 3 rings (SSSR count). The molecular weight excluding hydrogens is 426 g/mol. The van der Waals surface area contributed by atoms with Crippen LogP contribution in [-0.2, 0) is 9.53 Å². The van der Waals surface area contributed by atoms with Crippen LogP contribution in [0.25, 0.3) is 0 Å². The molecule has 0 fully saturated rings. The number of fused-ring (bicyclic) bond motifs is 1. The summed E-state index contributed by atoms with van der Waals surface area (Å²) in [6.45, 7) is 5.19. The molecule has 1 amide bonds. The molecule has 2 aromatic rings. The average molecular weight is 446 g/mol. The van der Waals surface area contributed by atoms with Crippen LogP contribution in [-0.4, -0.2) is 33.9 Å². The van der Waals surface area contributed by atoms with Crippen LogP contribution in [0, 0.1) is 0 Å². The maximum absolute atomic E-state index is 13.4. The van der Waals surface area contributed by atoms with Gasteiger partial charge in [-0.2, -0.15) is 0 Å². The predicted octanol–water partition coefficient (Wildman–Crippen LogP) is 3.19. The van der Waals surface area contributed by atoms with E-state index in [0.29, 0.717) is 0 Å². The molecule has 2 atom stereocenters. The van der Waals surface area contributed by atoms with Crippen LogP contribution in [0.2, 0.25) is 0 Å². The van der Waals surface area contributed by atoms with Gasteiger partial charge in [-0.3, -0.25) is 9.59 Å². The van der Waals surface area contributed by atoms with E-state index >= 15 is 0 Å². The molecule has 6 nitrogen and oxygen atoms in total. The Morgan fingerprint density at radius 3 is 2.32 bits per heavy atom. The van der Waals surface area contributed by atoms with E-state index in [9.17, 15) is 19.5 Å². The van der Waals surface area contributed by atoms with Crippen LogP contribution < -0.4 is 5.32 Å². The largest absolute Gasteiger partial charge is 0.433 e. The van der Waals surface area contributed by atoms with Crippen LogP contribution >= 0.6 is 15.9 Å². The summed E-state index contributed by atoms with van der Waals surface area (Å²) in [7, 11) is 0. The fourth-order valence-corrected chi connectivity index (χ4v) is 3.35. The first-order valence-electron chi connectivity index (χ1n) is 8.69. The predicted molar refractivity (Wildman–Crippen MR) is 106 cm³/mol. The minimum Gasteiger partial charge on any atom is -0.433 e. The van der Waals surface area contributed by atoms with Crippen LogP contribution in [0.15, 0.2) is 53.0 Å². The smallest absolute Gasteiger partial charge is 0.340 e. The van der Waals surface area contributed by atoms with E-state index in [1.807, 2.05) is 0 Å².